The first-order valence-corrected chi connectivity index (χ1v) is 8.25. The van der Waals surface area contributed by atoms with Crippen LogP contribution in [0, 0.1) is 40.1 Å². The number of hydrogen-bond acceptors (Lipinski definition) is 1. The van der Waals surface area contributed by atoms with E-state index in [1.54, 1.807) is 0 Å². The van der Waals surface area contributed by atoms with E-state index in [4.69, 9.17) is 5.73 Å². The second-order valence-corrected chi connectivity index (χ2v) is 8.12. The van der Waals surface area contributed by atoms with Crippen molar-refractivity contribution >= 4 is 5.91 Å². The van der Waals surface area contributed by atoms with Crippen molar-refractivity contribution in [1.82, 2.24) is 0 Å². The quantitative estimate of drug-likeness (QED) is 0.847. The van der Waals surface area contributed by atoms with E-state index in [1.807, 2.05) is 0 Å². The van der Waals surface area contributed by atoms with Gasteiger partial charge in [0.2, 0.25) is 5.91 Å². The Labute approximate surface area is 133 Å². The Hall–Kier alpha value is -1.52. The molecule has 4 fully saturated rings. The predicted octanol–water partition coefficient (Wildman–Crippen LogP) is 3.72. The van der Waals surface area contributed by atoms with Crippen LogP contribution in [0.4, 0.5) is 13.2 Å². The normalized spacial score (nSPS) is 38.0. The van der Waals surface area contributed by atoms with Crippen LogP contribution < -0.4 is 5.73 Å². The van der Waals surface area contributed by atoms with E-state index < -0.39 is 22.9 Å². The first-order valence-electron chi connectivity index (χ1n) is 8.25. The molecular weight excluding hydrogens is 303 g/mol. The summed E-state index contributed by atoms with van der Waals surface area (Å²) in [5, 5.41) is 0. The monoisotopic (exact) mass is 323 g/mol. The highest BCUT2D eigenvalue weighted by molar-refractivity contribution is 5.81. The fourth-order valence-electron chi connectivity index (χ4n) is 6.05. The van der Waals surface area contributed by atoms with Crippen LogP contribution in [0.5, 0.6) is 0 Å². The second-order valence-electron chi connectivity index (χ2n) is 8.12. The third-order valence-corrected chi connectivity index (χ3v) is 6.39. The summed E-state index contributed by atoms with van der Waals surface area (Å²) < 4.78 is 40.8. The molecule has 0 aliphatic heterocycles. The molecule has 5 rings (SSSR count). The van der Waals surface area contributed by atoms with Crippen LogP contribution in [0.15, 0.2) is 12.1 Å². The number of amides is 1. The molecule has 2 atom stereocenters. The Morgan fingerprint density at radius 2 is 1.74 bits per heavy atom. The first kappa shape index (κ1) is 15.0. The van der Waals surface area contributed by atoms with E-state index in [9.17, 15) is 18.0 Å². The zero-order valence-electron chi connectivity index (χ0n) is 12.9. The lowest BCUT2D eigenvalue weighted by Gasteiger charge is -2.61. The van der Waals surface area contributed by atoms with Gasteiger partial charge in [0.15, 0.2) is 17.5 Å². The highest BCUT2D eigenvalue weighted by Crippen LogP contribution is 2.66. The lowest BCUT2D eigenvalue weighted by molar-refractivity contribution is -0.154. The van der Waals surface area contributed by atoms with Crippen molar-refractivity contribution in [2.24, 2.45) is 28.4 Å². The Balaban J connectivity index is 1.69. The molecule has 4 saturated carbocycles. The molecule has 23 heavy (non-hydrogen) atoms. The number of primary amides is 1. The molecule has 1 amide bonds. The Bertz CT molecular complexity index is 673. The Morgan fingerprint density at radius 3 is 2.35 bits per heavy atom. The third kappa shape index (κ3) is 2.19. The summed E-state index contributed by atoms with van der Waals surface area (Å²) in [4.78, 5) is 12.1. The molecule has 0 aromatic heterocycles. The summed E-state index contributed by atoms with van der Waals surface area (Å²) >= 11 is 0. The lowest BCUT2D eigenvalue weighted by atomic mass is 9.43. The minimum Gasteiger partial charge on any atom is -0.369 e. The maximum absolute atomic E-state index is 14.1. The van der Waals surface area contributed by atoms with Gasteiger partial charge in [-0.25, -0.2) is 13.2 Å². The SMILES string of the molecule is NC(=O)C12CC3CC(CC(Cc4ccc(F)c(F)c4F)(C3)C1)C2. The van der Waals surface area contributed by atoms with E-state index >= 15 is 0 Å². The summed E-state index contributed by atoms with van der Waals surface area (Å²) in [6, 6.07) is 2.32. The number of rotatable bonds is 3. The van der Waals surface area contributed by atoms with Gasteiger partial charge >= 0.3 is 0 Å². The van der Waals surface area contributed by atoms with Crippen molar-refractivity contribution in [3.05, 3.63) is 35.1 Å². The molecular formula is C18H20F3NO. The number of carbonyl (C=O) groups is 1. The van der Waals surface area contributed by atoms with E-state index in [2.05, 4.69) is 0 Å². The van der Waals surface area contributed by atoms with Crippen LogP contribution in [0.1, 0.15) is 44.1 Å². The molecule has 4 aliphatic carbocycles. The van der Waals surface area contributed by atoms with E-state index in [0.717, 1.165) is 38.2 Å². The molecule has 0 spiro atoms. The highest BCUT2D eigenvalue weighted by atomic mass is 19.2. The van der Waals surface area contributed by atoms with Crippen LogP contribution in [0.2, 0.25) is 0 Å². The van der Waals surface area contributed by atoms with Gasteiger partial charge in [0, 0.05) is 0 Å². The van der Waals surface area contributed by atoms with Crippen molar-refractivity contribution in [2.45, 2.75) is 44.9 Å². The Kier molecular flexibility index (Phi) is 3.10. The maximum Gasteiger partial charge on any atom is 0.223 e. The van der Waals surface area contributed by atoms with Crippen LogP contribution in [-0.4, -0.2) is 5.91 Å². The molecule has 2 unspecified atom stereocenters. The largest absolute Gasteiger partial charge is 0.369 e. The number of hydrogen-bond donors (Lipinski definition) is 1. The molecule has 4 aliphatic rings. The topological polar surface area (TPSA) is 43.1 Å². The van der Waals surface area contributed by atoms with Crippen molar-refractivity contribution in [3.8, 4) is 0 Å². The van der Waals surface area contributed by atoms with Crippen LogP contribution >= 0.6 is 0 Å². The smallest absolute Gasteiger partial charge is 0.223 e. The average molecular weight is 323 g/mol. The number of halogens is 3. The molecule has 124 valence electrons. The van der Waals surface area contributed by atoms with E-state index in [1.165, 1.54) is 6.07 Å². The summed E-state index contributed by atoms with van der Waals surface area (Å²) in [6.45, 7) is 0. The zero-order chi connectivity index (χ0) is 16.4. The fraction of sp³-hybridized carbons (Fsp3) is 0.611. The zero-order valence-corrected chi connectivity index (χ0v) is 12.9. The molecule has 5 heteroatoms. The van der Waals surface area contributed by atoms with Gasteiger partial charge in [0.05, 0.1) is 5.41 Å². The first-order chi connectivity index (χ1) is 10.8. The van der Waals surface area contributed by atoms with Crippen LogP contribution in [-0.2, 0) is 11.2 Å². The molecule has 0 heterocycles. The maximum atomic E-state index is 14.1. The summed E-state index contributed by atoms with van der Waals surface area (Å²) in [6.07, 6.45) is 5.64. The van der Waals surface area contributed by atoms with Gasteiger partial charge in [0.25, 0.3) is 0 Å². The molecule has 2 nitrogen and oxygen atoms in total. The minimum atomic E-state index is -1.41. The Morgan fingerprint density at radius 1 is 1.09 bits per heavy atom. The van der Waals surface area contributed by atoms with Gasteiger partial charge in [0.1, 0.15) is 0 Å². The molecule has 4 bridgehead atoms. The van der Waals surface area contributed by atoms with Crippen molar-refractivity contribution in [1.29, 1.82) is 0 Å². The second kappa shape index (κ2) is 4.74. The summed E-state index contributed by atoms with van der Waals surface area (Å²) in [5.41, 5.74) is 5.23. The highest BCUT2D eigenvalue weighted by Gasteiger charge is 2.59. The van der Waals surface area contributed by atoms with Gasteiger partial charge < -0.3 is 5.73 Å². The van der Waals surface area contributed by atoms with Crippen molar-refractivity contribution in [3.63, 3.8) is 0 Å². The fourth-order valence-corrected chi connectivity index (χ4v) is 6.05. The van der Waals surface area contributed by atoms with Gasteiger partial charge in [-0.3, -0.25) is 4.79 Å². The molecule has 1 aromatic rings. The van der Waals surface area contributed by atoms with Crippen molar-refractivity contribution in [2.75, 3.05) is 0 Å². The molecule has 0 saturated heterocycles. The van der Waals surface area contributed by atoms with Crippen molar-refractivity contribution < 1.29 is 18.0 Å². The number of carbonyl (C=O) groups excluding carboxylic acids is 1. The number of benzene rings is 1. The molecule has 0 radical (unpaired) electrons. The van der Waals surface area contributed by atoms with Gasteiger partial charge in [-0.1, -0.05) is 6.07 Å². The van der Waals surface area contributed by atoms with Gasteiger partial charge in [-0.2, -0.15) is 0 Å². The predicted molar refractivity (Wildman–Crippen MR) is 78.8 cm³/mol. The summed E-state index contributed by atoms with van der Waals surface area (Å²) in [7, 11) is 0. The van der Waals surface area contributed by atoms with Crippen LogP contribution in [0.25, 0.3) is 0 Å². The molecule has 1 aromatic carbocycles. The summed E-state index contributed by atoms with van der Waals surface area (Å²) in [5.74, 6) is -3.02. The minimum absolute atomic E-state index is 0.204. The lowest BCUT2D eigenvalue weighted by Crippen LogP contribution is -2.57. The van der Waals surface area contributed by atoms with E-state index in [-0.39, 0.29) is 16.9 Å². The standard InChI is InChI=1S/C18H20F3NO/c19-13-2-1-12(14(20)15(13)21)8-17-4-10-3-11(5-17)7-18(6-10,9-17)16(22)23/h1-2,10-11H,3-9H2,(H2,22,23). The number of nitrogens with two attached hydrogens (primary N) is 1. The molecule has 2 N–H and O–H groups in total. The van der Waals surface area contributed by atoms with Gasteiger partial charge in [-0.05, 0) is 73.8 Å². The van der Waals surface area contributed by atoms with E-state index in [0.29, 0.717) is 24.7 Å². The third-order valence-electron chi connectivity index (χ3n) is 6.39. The average Bonchev–Trinajstić information content (AvgIpc) is 2.46. The van der Waals surface area contributed by atoms with Crippen LogP contribution in [0.3, 0.4) is 0 Å². The van der Waals surface area contributed by atoms with Gasteiger partial charge in [-0.15, -0.1) is 0 Å².